The Morgan fingerprint density at radius 1 is 0.407 bits per heavy atom. The number of hydrogen-bond donors (Lipinski definition) is 1. The van der Waals surface area contributed by atoms with Crippen molar-refractivity contribution >= 4 is 5.97 Å². The summed E-state index contributed by atoms with van der Waals surface area (Å²) in [7, 11) is 0. The molecule has 1 aromatic carbocycles. The van der Waals surface area contributed by atoms with E-state index in [9.17, 15) is 4.79 Å². The van der Waals surface area contributed by atoms with Crippen molar-refractivity contribution in [3.63, 3.8) is 0 Å². The van der Waals surface area contributed by atoms with Crippen molar-refractivity contribution in [2.45, 2.75) is 297 Å². The second-order valence-corrected chi connectivity index (χ2v) is 18.2. The van der Waals surface area contributed by atoms with Gasteiger partial charge in [-0.15, -0.1) is 0 Å². The molecule has 1 atom stereocenters. The van der Waals surface area contributed by atoms with Gasteiger partial charge in [0, 0.05) is 13.2 Å². The second-order valence-electron chi connectivity index (χ2n) is 18.2. The van der Waals surface area contributed by atoms with Gasteiger partial charge in [-0.05, 0) is 50.5 Å². The Morgan fingerprint density at radius 2 is 0.644 bits per heavy atom. The van der Waals surface area contributed by atoms with Crippen LogP contribution in [0.15, 0.2) is 24.3 Å². The molecule has 0 saturated carbocycles. The Hall–Kier alpha value is -1.55. The summed E-state index contributed by atoms with van der Waals surface area (Å²) in [5.41, 5.74) is 0.461. The van der Waals surface area contributed by atoms with E-state index in [2.05, 4.69) is 13.8 Å². The highest BCUT2D eigenvalue weighted by Gasteiger charge is 2.10. The summed E-state index contributed by atoms with van der Waals surface area (Å²) < 4.78 is 11.0. The van der Waals surface area contributed by atoms with E-state index in [0.717, 1.165) is 19.6 Å². The molecular formula is C55H104O4. The Kier molecular flexibility index (Phi) is 47.8. The average molecular weight is 829 g/mol. The average Bonchev–Trinajstić information content (AvgIpc) is 3.24. The fourth-order valence-electron chi connectivity index (χ4n) is 7.95. The van der Waals surface area contributed by atoms with Crippen molar-refractivity contribution in [2.24, 2.45) is 0 Å². The van der Waals surface area contributed by atoms with Gasteiger partial charge in [0.2, 0.25) is 0 Å². The third kappa shape index (κ3) is 45.8. The molecule has 0 aliphatic carbocycles. The van der Waals surface area contributed by atoms with Crippen molar-refractivity contribution in [2.75, 3.05) is 13.2 Å². The van der Waals surface area contributed by atoms with Crippen LogP contribution in [0, 0.1) is 0 Å². The standard InChI is InChI=1S/C44H90O.C11H14O3/c1-3-5-7-9-11-13-15-17-19-21-23-25-27-29-31-33-35-37-39-41-43-45-44-42-40-38-36-34-32-30-28-26-24-22-20-18-16-14-12-10-8-6-4-2;1-3-8(2)14-11(13)9-4-6-10(12)7-5-9/h3-44H2,1-2H3;4-8,12H,3H2,1-2H3. The van der Waals surface area contributed by atoms with Crippen LogP contribution in [0.3, 0.4) is 0 Å². The molecule has 1 N–H and O–H groups in total. The topological polar surface area (TPSA) is 55.8 Å². The molecule has 0 heterocycles. The van der Waals surface area contributed by atoms with Crippen molar-refractivity contribution in [3.05, 3.63) is 29.8 Å². The predicted octanol–water partition coefficient (Wildman–Crippen LogP) is 19.0. The van der Waals surface area contributed by atoms with Gasteiger partial charge in [-0.2, -0.15) is 0 Å². The van der Waals surface area contributed by atoms with Crippen LogP contribution in [0.25, 0.3) is 0 Å². The lowest BCUT2D eigenvalue weighted by Gasteiger charge is -2.10. The smallest absolute Gasteiger partial charge is 0.338 e. The maximum Gasteiger partial charge on any atom is 0.338 e. The minimum absolute atomic E-state index is 0.0729. The van der Waals surface area contributed by atoms with Gasteiger partial charge < -0.3 is 14.6 Å². The number of hydrogen-bond acceptors (Lipinski definition) is 4. The lowest BCUT2D eigenvalue weighted by molar-refractivity contribution is 0.0334. The monoisotopic (exact) mass is 829 g/mol. The first-order chi connectivity index (χ1) is 29.0. The number of unbranched alkanes of at least 4 members (excludes halogenated alkanes) is 38. The Bertz CT molecular complexity index is 888. The molecule has 0 aliphatic rings. The van der Waals surface area contributed by atoms with E-state index < -0.39 is 0 Å². The number of phenolic OH excluding ortho intramolecular Hbond substituents is 1. The van der Waals surface area contributed by atoms with Crippen LogP contribution >= 0.6 is 0 Å². The number of esters is 1. The zero-order valence-electron chi connectivity index (χ0n) is 40.5. The van der Waals surface area contributed by atoms with E-state index >= 15 is 0 Å². The molecule has 4 nitrogen and oxygen atoms in total. The molecule has 0 radical (unpaired) electrons. The van der Waals surface area contributed by atoms with Gasteiger partial charge in [-0.3, -0.25) is 0 Å². The van der Waals surface area contributed by atoms with Crippen molar-refractivity contribution in [1.29, 1.82) is 0 Å². The molecule has 0 fully saturated rings. The van der Waals surface area contributed by atoms with Crippen LogP contribution in [0.5, 0.6) is 5.75 Å². The van der Waals surface area contributed by atoms with Gasteiger partial charge in [0.05, 0.1) is 11.7 Å². The minimum atomic E-state index is -0.348. The zero-order valence-corrected chi connectivity index (χ0v) is 40.5. The summed E-state index contributed by atoms with van der Waals surface area (Å²) in [6.07, 6.45) is 58.7. The molecule has 4 heteroatoms. The maximum atomic E-state index is 11.4. The first kappa shape index (κ1) is 57.4. The number of benzene rings is 1. The van der Waals surface area contributed by atoms with Crippen molar-refractivity contribution in [3.8, 4) is 5.75 Å². The number of phenols is 1. The summed E-state index contributed by atoms with van der Waals surface area (Å²) in [6.45, 7) is 10.4. The first-order valence-electron chi connectivity index (χ1n) is 26.6. The third-order valence-electron chi connectivity index (χ3n) is 12.3. The van der Waals surface area contributed by atoms with E-state index in [0.29, 0.717) is 5.56 Å². The molecule has 0 aromatic heterocycles. The molecule has 0 aliphatic heterocycles. The molecule has 0 spiro atoms. The van der Waals surface area contributed by atoms with E-state index in [1.807, 2.05) is 13.8 Å². The van der Waals surface area contributed by atoms with Crippen LogP contribution < -0.4 is 0 Å². The van der Waals surface area contributed by atoms with Crippen LogP contribution in [0.4, 0.5) is 0 Å². The number of aromatic hydroxyl groups is 1. The lowest BCUT2D eigenvalue weighted by Crippen LogP contribution is -2.13. The second kappa shape index (κ2) is 49.1. The van der Waals surface area contributed by atoms with E-state index in [1.165, 1.54) is 269 Å². The van der Waals surface area contributed by atoms with Crippen LogP contribution in [0.2, 0.25) is 0 Å². The number of carbonyl (C=O) groups excluding carboxylic acids is 1. The van der Waals surface area contributed by atoms with E-state index in [-0.39, 0.29) is 17.8 Å². The van der Waals surface area contributed by atoms with Gasteiger partial charge in [0.15, 0.2) is 0 Å². The highest BCUT2D eigenvalue weighted by Crippen LogP contribution is 2.17. The molecule has 0 saturated heterocycles. The molecule has 1 unspecified atom stereocenters. The van der Waals surface area contributed by atoms with E-state index in [1.54, 1.807) is 12.1 Å². The van der Waals surface area contributed by atoms with Crippen LogP contribution in [0.1, 0.15) is 301 Å². The maximum absolute atomic E-state index is 11.4. The summed E-state index contributed by atoms with van der Waals surface area (Å²) >= 11 is 0. The number of ether oxygens (including phenoxy) is 2. The molecular weight excluding hydrogens is 725 g/mol. The van der Waals surface area contributed by atoms with Crippen molar-refractivity contribution < 1.29 is 19.4 Å². The fraction of sp³-hybridized carbons (Fsp3) is 0.873. The van der Waals surface area contributed by atoms with Gasteiger partial charge in [0.1, 0.15) is 5.75 Å². The molecule has 1 aromatic rings. The van der Waals surface area contributed by atoms with Crippen molar-refractivity contribution in [1.82, 2.24) is 0 Å². The molecule has 348 valence electrons. The molecule has 0 bridgehead atoms. The Balaban J connectivity index is 0.00000200. The molecule has 0 amide bonds. The first-order valence-corrected chi connectivity index (χ1v) is 26.6. The predicted molar refractivity (Wildman–Crippen MR) is 260 cm³/mol. The minimum Gasteiger partial charge on any atom is -0.508 e. The Morgan fingerprint density at radius 3 is 0.881 bits per heavy atom. The quantitative estimate of drug-likeness (QED) is 0.0526. The normalized spacial score (nSPS) is 11.7. The molecule has 59 heavy (non-hydrogen) atoms. The lowest BCUT2D eigenvalue weighted by atomic mass is 10.0. The Labute approximate surface area is 370 Å². The number of rotatable bonds is 45. The van der Waals surface area contributed by atoms with Gasteiger partial charge in [-0.1, -0.05) is 265 Å². The van der Waals surface area contributed by atoms with Crippen LogP contribution in [-0.4, -0.2) is 30.4 Å². The summed E-state index contributed by atoms with van der Waals surface area (Å²) in [6, 6.07) is 6.01. The summed E-state index contributed by atoms with van der Waals surface area (Å²) in [4.78, 5) is 11.4. The zero-order chi connectivity index (χ0) is 43.0. The SMILES string of the molecule is CCC(C)OC(=O)c1ccc(O)cc1.CCCCCCCCCCCCCCCCCCCCCCOCCCCCCCCCCCCCCCCCCCCCC. The van der Waals surface area contributed by atoms with Gasteiger partial charge in [0.25, 0.3) is 0 Å². The van der Waals surface area contributed by atoms with Gasteiger partial charge >= 0.3 is 5.97 Å². The number of carbonyl (C=O) groups is 1. The third-order valence-corrected chi connectivity index (χ3v) is 12.3. The summed E-state index contributed by atoms with van der Waals surface area (Å²) in [5.74, 6) is -0.204. The highest BCUT2D eigenvalue weighted by molar-refractivity contribution is 5.89. The van der Waals surface area contributed by atoms with Crippen LogP contribution in [-0.2, 0) is 9.47 Å². The highest BCUT2D eigenvalue weighted by atomic mass is 16.5. The van der Waals surface area contributed by atoms with Gasteiger partial charge in [-0.25, -0.2) is 4.79 Å². The summed E-state index contributed by atoms with van der Waals surface area (Å²) in [5, 5.41) is 9.01. The largest absolute Gasteiger partial charge is 0.508 e. The molecule has 1 rings (SSSR count). The fourth-order valence-corrected chi connectivity index (χ4v) is 7.95. The van der Waals surface area contributed by atoms with E-state index in [4.69, 9.17) is 14.6 Å².